The van der Waals surface area contributed by atoms with Crippen LogP contribution in [0.15, 0.2) is 71.6 Å². The molecule has 2 aromatic heterocycles. The van der Waals surface area contributed by atoms with E-state index in [2.05, 4.69) is 50.8 Å². The van der Waals surface area contributed by atoms with Gasteiger partial charge >= 0.3 is 0 Å². The van der Waals surface area contributed by atoms with Gasteiger partial charge in [0, 0.05) is 35.6 Å². The summed E-state index contributed by atoms with van der Waals surface area (Å²) in [6.45, 7) is 5.19. The fourth-order valence-corrected chi connectivity index (χ4v) is 1.83. The van der Waals surface area contributed by atoms with E-state index in [4.69, 9.17) is 0 Å². The van der Waals surface area contributed by atoms with Crippen molar-refractivity contribution in [2.45, 2.75) is 6.92 Å². The normalized spacial score (nSPS) is 10.9. The van der Waals surface area contributed by atoms with Gasteiger partial charge in [0.25, 0.3) is 0 Å². The third-order valence-corrected chi connectivity index (χ3v) is 2.73. The molecule has 0 aliphatic rings. The van der Waals surface area contributed by atoms with Gasteiger partial charge in [-0.2, -0.15) is 0 Å². The summed E-state index contributed by atoms with van der Waals surface area (Å²) in [6.07, 6.45) is 8.14. The lowest BCUT2D eigenvalue weighted by atomic mass is 10.1. The Morgan fingerprint density at radius 1 is 0.905 bits per heavy atom. The molecule has 2 heterocycles. The van der Waals surface area contributed by atoms with Crippen LogP contribution in [-0.2, 0) is 0 Å². The molecule has 0 saturated heterocycles. The van der Waals surface area contributed by atoms with Crippen molar-refractivity contribution in [3.05, 3.63) is 61.6 Å². The number of aliphatic imine (C=N–C) groups is 2. The Morgan fingerprint density at radius 2 is 1.48 bits per heavy atom. The van der Waals surface area contributed by atoms with Crippen LogP contribution < -0.4 is 0 Å². The van der Waals surface area contributed by atoms with Crippen LogP contribution in [0.5, 0.6) is 0 Å². The van der Waals surface area contributed by atoms with Gasteiger partial charge in [0.15, 0.2) is 0 Å². The second-order valence-corrected chi connectivity index (χ2v) is 4.07. The van der Waals surface area contributed by atoms with Gasteiger partial charge in [-0.05, 0) is 19.1 Å². The zero-order valence-electron chi connectivity index (χ0n) is 11.8. The molecule has 4 nitrogen and oxygen atoms in total. The summed E-state index contributed by atoms with van der Waals surface area (Å²) in [7, 11) is 0. The standard InChI is InChI=1S/C12H8N2.C5H8N2/c1-3-9-5-6-10-4-2-8-14-12(10)11(9)13-7-1;1-3-6-5-7-4-2/h1-8H;3-5H,1H2,2H3. The number of hydrogen-bond acceptors (Lipinski definition) is 3. The van der Waals surface area contributed by atoms with Crippen LogP contribution in [0.3, 0.4) is 0 Å². The highest BCUT2D eigenvalue weighted by molar-refractivity contribution is 6.02. The zero-order chi connectivity index (χ0) is 14.9. The van der Waals surface area contributed by atoms with Crippen molar-refractivity contribution in [1.82, 2.24) is 9.97 Å². The molecule has 0 spiro atoms. The molecule has 0 bridgehead atoms. The van der Waals surface area contributed by atoms with Gasteiger partial charge in [0.2, 0.25) is 0 Å². The molecular formula is C17H16N4. The highest BCUT2D eigenvalue weighted by atomic mass is 14.8. The molecule has 21 heavy (non-hydrogen) atoms. The Hall–Kier alpha value is -2.88. The number of fused-ring (bicyclic) bond motifs is 3. The Kier molecular flexibility index (Phi) is 5.29. The van der Waals surface area contributed by atoms with Gasteiger partial charge in [0.1, 0.15) is 6.34 Å². The lowest BCUT2D eigenvalue weighted by Gasteiger charge is -2.00. The first-order chi connectivity index (χ1) is 10.4. The first-order valence-corrected chi connectivity index (χ1v) is 6.55. The summed E-state index contributed by atoms with van der Waals surface area (Å²) in [5.74, 6) is 0. The Labute approximate surface area is 123 Å². The third kappa shape index (κ3) is 3.79. The van der Waals surface area contributed by atoms with Gasteiger partial charge in [-0.25, -0.2) is 9.98 Å². The van der Waals surface area contributed by atoms with Crippen molar-refractivity contribution in [2.75, 3.05) is 0 Å². The Bertz CT molecular complexity index is 736. The maximum absolute atomic E-state index is 4.35. The molecule has 3 rings (SSSR count). The molecule has 0 atom stereocenters. The number of nitrogens with zero attached hydrogens (tertiary/aromatic N) is 4. The Balaban J connectivity index is 0.000000199. The number of pyridine rings is 2. The maximum Gasteiger partial charge on any atom is 0.114 e. The molecule has 0 saturated carbocycles. The maximum atomic E-state index is 4.35. The monoisotopic (exact) mass is 276 g/mol. The minimum Gasteiger partial charge on any atom is -0.254 e. The summed E-state index contributed by atoms with van der Waals surface area (Å²) >= 11 is 0. The average Bonchev–Trinajstić information content (AvgIpc) is 2.56. The average molecular weight is 276 g/mol. The summed E-state index contributed by atoms with van der Waals surface area (Å²) in [5.41, 5.74) is 1.95. The smallest absolute Gasteiger partial charge is 0.114 e. The minimum atomic E-state index is 0.977. The fraction of sp³-hybridized carbons (Fsp3) is 0.0588. The van der Waals surface area contributed by atoms with Crippen LogP contribution in [0.2, 0.25) is 0 Å². The van der Waals surface area contributed by atoms with Crippen LogP contribution >= 0.6 is 0 Å². The Morgan fingerprint density at radius 3 is 1.95 bits per heavy atom. The van der Waals surface area contributed by atoms with E-state index in [-0.39, 0.29) is 0 Å². The van der Waals surface area contributed by atoms with Gasteiger partial charge in [-0.1, -0.05) is 30.8 Å². The van der Waals surface area contributed by atoms with Gasteiger partial charge in [-0.15, -0.1) is 0 Å². The SMILES string of the molecule is C=CN=CN=CC.c1cnc2c(c1)ccc1cccnc12. The highest BCUT2D eigenvalue weighted by Crippen LogP contribution is 2.20. The minimum absolute atomic E-state index is 0.977. The van der Waals surface area contributed by atoms with Crippen LogP contribution in [0.1, 0.15) is 6.92 Å². The molecule has 0 aliphatic carbocycles. The second kappa shape index (κ2) is 7.65. The summed E-state index contributed by atoms with van der Waals surface area (Å²) < 4.78 is 0. The molecule has 0 N–H and O–H groups in total. The topological polar surface area (TPSA) is 50.5 Å². The van der Waals surface area contributed by atoms with E-state index in [0.29, 0.717) is 0 Å². The van der Waals surface area contributed by atoms with Crippen molar-refractivity contribution in [3.63, 3.8) is 0 Å². The lowest BCUT2D eigenvalue weighted by molar-refractivity contribution is 1.37. The first-order valence-electron chi connectivity index (χ1n) is 6.55. The van der Waals surface area contributed by atoms with E-state index in [9.17, 15) is 0 Å². The van der Waals surface area contributed by atoms with E-state index < -0.39 is 0 Å². The lowest BCUT2D eigenvalue weighted by Crippen LogP contribution is -1.83. The molecule has 4 heteroatoms. The van der Waals surface area contributed by atoms with Crippen LogP contribution in [0.25, 0.3) is 21.8 Å². The van der Waals surface area contributed by atoms with Gasteiger partial charge in [0.05, 0.1) is 11.0 Å². The van der Waals surface area contributed by atoms with E-state index in [0.717, 1.165) is 21.8 Å². The molecule has 0 amide bonds. The van der Waals surface area contributed by atoms with Crippen LogP contribution in [0.4, 0.5) is 0 Å². The van der Waals surface area contributed by atoms with E-state index in [1.54, 1.807) is 18.6 Å². The third-order valence-electron chi connectivity index (χ3n) is 2.73. The molecular weight excluding hydrogens is 260 g/mol. The summed E-state index contributed by atoms with van der Waals surface area (Å²) in [5, 5.41) is 2.28. The van der Waals surface area contributed by atoms with Crippen molar-refractivity contribution < 1.29 is 0 Å². The van der Waals surface area contributed by atoms with Gasteiger partial charge in [-0.3, -0.25) is 9.97 Å². The quantitative estimate of drug-likeness (QED) is 0.403. The number of hydrogen-bond donors (Lipinski definition) is 0. The fourth-order valence-electron chi connectivity index (χ4n) is 1.83. The van der Waals surface area contributed by atoms with Crippen molar-refractivity contribution in [1.29, 1.82) is 0 Å². The van der Waals surface area contributed by atoms with Crippen molar-refractivity contribution in [2.24, 2.45) is 9.98 Å². The molecule has 0 aliphatic heterocycles. The predicted octanol–water partition coefficient (Wildman–Crippen LogP) is 4.03. The number of rotatable bonds is 2. The molecule has 3 aromatic rings. The predicted molar refractivity (Wildman–Crippen MR) is 89.9 cm³/mol. The van der Waals surface area contributed by atoms with Crippen molar-refractivity contribution >= 4 is 34.4 Å². The number of benzene rings is 1. The van der Waals surface area contributed by atoms with E-state index in [1.165, 1.54) is 12.5 Å². The molecule has 1 aromatic carbocycles. The molecule has 0 unspecified atom stereocenters. The van der Waals surface area contributed by atoms with E-state index >= 15 is 0 Å². The molecule has 104 valence electrons. The highest BCUT2D eigenvalue weighted by Gasteiger charge is 2.00. The molecule has 0 radical (unpaired) electrons. The van der Waals surface area contributed by atoms with E-state index in [1.807, 2.05) is 19.1 Å². The molecule has 0 fully saturated rings. The van der Waals surface area contributed by atoms with Crippen LogP contribution in [0, 0.1) is 0 Å². The summed E-state index contributed by atoms with van der Waals surface area (Å²) in [6, 6.07) is 12.1. The zero-order valence-corrected chi connectivity index (χ0v) is 11.8. The van der Waals surface area contributed by atoms with Crippen LogP contribution in [-0.4, -0.2) is 22.5 Å². The number of aromatic nitrogens is 2. The largest absolute Gasteiger partial charge is 0.254 e. The first kappa shape index (κ1) is 14.5. The second-order valence-electron chi connectivity index (χ2n) is 4.07. The van der Waals surface area contributed by atoms with Gasteiger partial charge < -0.3 is 0 Å². The summed E-state index contributed by atoms with van der Waals surface area (Å²) in [4.78, 5) is 16.0. The van der Waals surface area contributed by atoms with Crippen molar-refractivity contribution in [3.8, 4) is 0 Å².